The van der Waals surface area contributed by atoms with Crippen LogP contribution in [-0.4, -0.2) is 84.0 Å². The number of fused-ring (bicyclic) bond motifs is 2. The average Bonchev–Trinajstić information content (AvgIpc) is 3.36. The topological polar surface area (TPSA) is 64.1 Å². The second-order valence-electron chi connectivity index (χ2n) is 9.24. The third kappa shape index (κ3) is 2.85. The van der Waals surface area contributed by atoms with Crippen molar-refractivity contribution in [3.8, 4) is 0 Å². The van der Waals surface area contributed by atoms with E-state index in [2.05, 4.69) is 16.8 Å². The Bertz CT molecular complexity index is 575. The highest BCUT2D eigenvalue weighted by Gasteiger charge is 2.61. The second kappa shape index (κ2) is 6.79. The molecule has 4 fully saturated rings. The van der Waals surface area contributed by atoms with Crippen molar-refractivity contribution in [2.75, 3.05) is 40.3 Å². The van der Waals surface area contributed by atoms with Crippen LogP contribution < -0.4 is 0 Å². The number of likely N-dealkylation sites (tertiary alicyclic amines) is 2. The van der Waals surface area contributed by atoms with Gasteiger partial charge in [-0.1, -0.05) is 6.42 Å². The van der Waals surface area contributed by atoms with Crippen LogP contribution in [0.1, 0.15) is 44.9 Å². The maximum Gasteiger partial charge on any atom is 0.319 e. The number of carbonyl (C=O) groups is 2. The van der Waals surface area contributed by atoms with E-state index in [0.29, 0.717) is 18.4 Å². The van der Waals surface area contributed by atoms with E-state index in [4.69, 9.17) is 0 Å². The summed E-state index contributed by atoms with van der Waals surface area (Å²) in [5.41, 5.74) is -1.14. The molecule has 1 N–H and O–H groups in total. The van der Waals surface area contributed by atoms with Crippen LogP contribution >= 0.6 is 0 Å². The normalized spacial score (nSPS) is 38.8. The zero-order chi connectivity index (χ0) is 18.5. The molecule has 6 nitrogen and oxygen atoms in total. The molecule has 4 unspecified atom stereocenters. The first-order valence-corrected chi connectivity index (χ1v) is 10.3. The Balaban J connectivity index is 1.42. The van der Waals surface area contributed by atoms with Gasteiger partial charge in [0.1, 0.15) is 5.41 Å². The second-order valence-corrected chi connectivity index (χ2v) is 9.24. The Morgan fingerprint density at radius 1 is 1.08 bits per heavy atom. The Hall–Kier alpha value is -1.14. The standard InChI is InChI=1S/C20H33N3O3/c1-21-8-5-16(6-9-21)23-10-7-17(13-23)22(2)18(24)20(19(25)26)12-14-3-4-15(20)11-14/h14-17H,3-13H2,1-2H3,(H,25,26). The van der Waals surface area contributed by atoms with Gasteiger partial charge in [-0.3, -0.25) is 14.5 Å². The number of carboxylic acid groups (broad SMARTS) is 1. The molecule has 2 saturated heterocycles. The fraction of sp³-hybridized carbons (Fsp3) is 0.900. The molecule has 2 aliphatic carbocycles. The highest BCUT2D eigenvalue weighted by atomic mass is 16.4. The first-order chi connectivity index (χ1) is 12.4. The summed E-state index contributed by atoms with van der Waals surface area (Å²) in [5.74, 6) is -0.516. The smallest absolute Gasteiger partial charge is 0.319 e. The van der Waals surface area contributed by atoms with Gasteiger partial charge in [0.15, 0.2) is 0 Å². The lowest BCUT2D eigenvalue weighted by atomic mass is 9.72. The lowest BCUT2D eigenvalue weighted by molar-refractivity contribution is -0.165. The van der Waals surface area contributed by atoms with Crippen LogP contribution in [0.3, 0.4) is 0 Å². The lowest BCUT2D eigenvalue weighted by Crippen LogP contribution is -2.54. The zero-order valence-electron chi connectivity index (χ0n) is 16.2. The van der Waals surface area contributed by atoms with Gasteiger partial charge in [-0.15, -0.1) is 0 Å². The molecule has 0 aromatic heterocycles. The van der Waals surface area contributed by atoms with Crippen LogP contribution in [0.15, 0.2) is 0 Å². The summed E-state index contributed by atoms with van der Waals surface area (Å²) in [6.07, 6.45) is 6.86. The Morgan fingerprint density at radius 2 is 1.81 bits per heavy atom. The summed E-state index contributed by atoms with van der Waals surface area (Å²) in [4.78, 5) is 32.2. The Morgan fingerprint density at radius 3 is 2.38 bits per heavy atom. The molecule has 0 radical (unpaired) electrons. The summed E-state index contributed by atoms with van der Waals surface area (Å²) in [6, 6.07) is 0.785. The van der Waals surface area contributed by atoms with Gasteiger partial charge in [0.05, 0.1) is 0 Å². The van der Waals surface area contributed by atoms with Gasteiger partial charge in [0, 0.05) is 32.2 Å². The van der Waals surface area contributed by atoms with Gasteiger partial charge in [-0.2, -0.15) is 0 Å². The summed E-state index contributed by atoms with van der Waals surface area (Å²) in [6.45, 7) is 4.22. The first kappa shape index (κ1) is 18.2. The number of likely N-dealkylation sites (N-methyl/N-ethyl adjacent to an activating group) is 1. The number of hydrogen-bond acceptors (Lipinski definition) is 4. The SMILES string of the molecule is CN1CCC(N2CCC(N(C)C(=O)C3(C(=O)O)CC4CCC3C4)C2)CC1. The van der Waals surface area contributed by atoms with E-state index in [1.54, 1.807) is 0 Å². The van der Waals surface area contributed by atoms with Crippen molar-refractivity contribution in [1.29, 1.82) is 0 Å². The lowest BCUT2D eigenvalue weighted by Gasteiger charge is -2.38. The van der Waals surface area contributed by atoms with Gasteiger partial charge in [-0.05, 0) is 70.5 Å². The van der Waals surface area contributed by atoms with Crippen molar-refractivity contribution < 1.29 is 14.7 Å². The molecule has 4 atom stereocenters. The van der Waals surface area contributed by atoms with Gasteiger partial charge in [0.2, 0.25) is 5.91 Å². The number of carbonyl (C=O) groups excluding carboxylic acids is 1. The number of hydrogen-bond donors (Lipinski definition) is 1. The third-order valence-corrected chi connectivity index (χ3v) is 7.88. The monoisotopic (exact) mass is 363 g/mol. The van der Waals surface area contributed by atoms with E-state index < -0.39 is 11.4 Å². The van der Waals surface area contributed by atoms with E-state index in [-0.39, 0.29) is 17.9 Å². The summed E-state index contributed by atoms with van der Waals surface area (Å²) >= 11 is 0. The number of rotatable bonds is 4. The minimum Gasteiger partial charge on any atom is -0.480 e. The maximum absolute atomic E-state index is 13.3. The quantitative estimate of drug-likeness (QED) is 0.767. The molecular formula is C20H33N3O3. The molecule has 4 aliphatic rings. The Labute approximate surface area is 156 Å². The van der Waals surface area contributed by atoms with Gasteiger partial charge in [0.25, 0.3) is 0 Å². The fourth-order valence-corrected chi connectivity index (χ4v) is 6.20. The molecule has 2 saturated carbocycles. The van der Waals surface area contributed by atoms with Crippen LogP contribution in [0.5, 0.6) is 0 Å². The molecule has 2 bridgehead atoms. The van der Waals surface area contributed by atoms with Crippen molar-refractivity contribution in [1.82, 2.24) is 14.7 Å². The molecule has 0 aromatic rings. The van der Waals surface area contributed by atoms with E-state index >= 15 is 0 Å². The molecule has 1 amide bonds. The number of carboxylic acids is 1. The van der Waals surface area contributed by atoms with Crippen LogP contribution in [0, 0.1) is 17.3 Å². The molecule has 6 heteroatoms. The molecule has 2 heterocycles. The zero-order valence-corrected chi connectivity index (χ0v) is 16.2. The van der Waals surface area contributed by atoms with Gasteiger partial charge >= 0.3 is 5.97 Å². The molecule has 0 aromatic carbocycles. The predicted molar refractivity (Wildman–Crippen MR) is 98.8 cm³/mol. The number of amides is 1. The number of aliphatic carboxylic acids is 1. The molecule has 146 valence electrons. The van der Waals surface area contributed by atoms with E-state index in [1.165, 1.54) is 12.8 Å². The van der Waals surface area contributed by atoms with Gasteiger partial charge in [-0.25, -0.2) is 0 Å². The average molecular weight is 364 g/mol. The van der Waals surface area contributed by atoms with Crippen molar-refractivity contribution in [3.05, 3.63) is 0 Å². The molecule has 2 aliphatic heterocycles. The predicted octanol–water partition coefficient (Wildman–Crippen LogP) is 1.50. The van der Waals surface area contributed by atoms with E-state index in [1.807, 2.05) is 11.9 Å². The third-order valence-electron chi connectivity index (χ3n) is 7.88. The number of piperidine rings is 1. The minimum atomic E-state index is -1.14. The van der Waals surface area contributed by atoms with Crippen LogP contribution in [-0.2, 0) is 9.59 Å². The molecule has 26 heavy (non-hydrogen) atoms. The van der Waals surface area contributed by atoms with Crippen LogP contribution in [0.4, 0.5) is 0 Å². The summed E-state index contributed by atoms with van der Waals surface area (Å²) < 4.78 is 0. The number of nitrogens with zero attached hydrogens (tertiary/aromatic N) is 3. The fourth-order valence-electron chi connectivity index (χ4n) is 6.20. The molecule has 0 spiro atoms. The first-order valence-electron chi connectivity index (χ1n) is 10.3. The van der Waals surface area contributed by atoms with Crippen molar-refractivity contribution in [3.63, 3.8) is 0 Å². The maximum atomic E-state index is 13.3. The van der Waals surface area contributed by atoms with Crippen molar-refractivity contribution in [2.24, 2.45) is 17.3 Å². The highest BCUT2D eigenvalue weighted by Crippen LogP contribution is 2.57. The molecule has 4 rings (SSSR count). The van der Waals surface area contributed by atoms with Crippen molar-refractivity contribution in [2.45, 2.75) is 57.0 Å². The summed E-state index contributed by atoms with van der Waals surface area (Å²) in [7, 11) is 4.03. The minimum absolute atomic E-state index is 0.0475. The molecular weight excluding hydrogens is 330 g/mol. The van der Waals surface area contributed by atoms with Crippen LogP contribution in [0.25, 0.3) is 0 Å². The van der Waals surface area contributed by atoms with Crippen molar-refractivity contribution >= 4 is 11.9 Å². The van der Waals surface area contributed by atoms with Gasteiger partial charge < -0.3 is 14.9 Å². The largest absolute Gasteiger partial charge is 0.480 e. The highest BCUT2D eigenvalue weighted by molar-refractivity contribution is 6.03. The van der Waals surface area contributed by atoms with E-state index in [9.17, 15) is 14.7 Å². The Kier molecular flexibility index (Phi) is 4.76. The van der Waals surface area contributed by atoms with E-state index in [0.717, 1.165) is 51.9 Å². The summed E-state index contributed by atoms with van der Waals surface area (Å²) in [5, 5.41) is 9.97. The van der Waals surface area contributed by atoms with Crippen LogP contribution in [0.2, 0.25) is 0 Å².